The molecule has 1 spiro atoms. The number of rotatable bonds is 4. The highest BCUT2D eigenvalue weighted by Gasteiger charge is 2.47. The number of hydrogen-bond acceptors (Lipinski definition) is 3. The van der Waals surface area contributed by atoms with Crippen LogP contribution in [0.1, 0.15) is 50.5 Å². The molecule has 3 aliphatic rings. The van der Waals surface area contributed by atoms with E-state index < -0.39 is 0 Å². The van der Waals surface area contributed by atoms with Gasteiger partial charge in [-0.05, 0) is 69.7 Å². The van der Waals surface area contributed by atoms with Gasteiger partial charge < -0.3 is 9.64 Å². The summed E-state index contributed by atoms with van der Waals surface area (Å²) in [6.07, 6.45) is 8.64. The molecule has 1 aromatic rings. The van der Waals surface area contributed by atoms with Gasteiger partial charge in [0, 0.05) is 30.2 Å². The highest BCUT2D eigenvalue weighted by Crippen LogP contribution is 2.43. The SMILES string of the molecule is CN(C(=O)Cc1ccccc1Br)[C@@H]1CC[C@]2(CCCO2)C[C@H]1N1CCCC1. The predicted molar refractivity (Wildman–Crippen MR) is 111 cm³/mol. The summed E-state index contributed by atoms with van der Waals surface area (Å²) in [6.45, 7) is 3.25. The second-order valence-electron chi connectivity index (χ2n) is 8.53. The van der Waals surface area contributed by atoms with E-state index in [9.17, 15) is 4.79 Å². The van der Waals surface area contributed by atoms with Crippen molar-refractivity contribution in [2.75, 3.05) is 26.7 Å². The summed E-state index contributed by atoms with van der Waals surface area (Å²) in [5, 5.41) is 0. The Kier molecular flexibility index (Phi) is 5.91. The van der Waals surface area contributed by atoms with Gasteiger partial charge in [-0.25, -0.2) is 0 Å². The van der Waals surface area contributed by atoms with E-state index in [-0.39, 0.29) is 11.5 Å². The second-order valence-corrected chi connectivity index (χ2v) is 9.38. The number of benzene rings is 1. The molecule has 3 atom stereocenters. The van der Waals surface area contributed by atoms with Gasteiger partial charge in [0.15, 0.2) is 0 Å². The summed E-state index contributed by atoms with van der Waals surface area (Å²) in [6, 6.07) is 8.78. The zero-order chi connectivity index (χ0) is 18.9. The Bertz CT molecular complexity index is 668. The largest absolute Gasteiger partial charge is 0.375 e. The molecule has 148 valence electrons. The standard InChI is InChI=1S/C22H31BrN2O2/c1-24(21(26)15-17-7-2-3-8-18(17)23)19-9-11-22(10-6-14-27-22)16-20(19)25-12-4-5-13-25/h2-3,7-8,19-20H,4-6,9-16H2,1H3/t19-,20-,22-/m1/s1. The quantitative estimate of drug-likeness (QED) is 0.717. The molecule has 0 radical (unpaired) electrons. The molecule has 1 amide bonds. The van der Waals surface area contributed by atoms with Crippen molar-refractivity contribution in [2.24, 2.45) is 0 Å². The monoisotopic (exact) mass is 434 g/mol. The third-order valence-electron chi connectivity index (χ3n) is 6.91. The third kappa shape index (κ3) is 4.10. The van der Waals surface area contributed by atoms with Crippen molar-refractivity contribution < 1.29 is 9.53 Å². The molecule has 2 heterocycles. The van der Waals surface area contributed by atoms with E-state index in [0.717, 1.165) is 35.9 Å². The van der Waals surface area contributed by atoms with Crippen molar-refractivity contribution in [3.63, 3.8) is 0 Å². The molecule has 4 nitrogen and oxygen atoms in total. The molecule has 5 heteroatoms. The lowest BCUT2D eigenvalue weighted by Gasteiger charge is -2.48. The van der Waals surface area contributed by atoms with E-state index in [1.807, 2.05) is 36.2 Å². The van der Waals surface area contributed by atoms with Crippen LogP contribution in [0.25, 0.3) is 0 Å². The average molecular weight is 435 g/mol. The smallest absolute Gasteiger partial charge is 0.227 e. The van der Waals surface area contributed by atoms with Gasteiger partial charge in [-0.1, -0.05) is 34.1 Å². The topological polar surface area (TPSA) is 32.8 Å². The molecule has 27 heavy (non-hydrogen) atoms. The third-order valence-corrected chi connectivity index (χ3v) is 7.68. The summed E-state index contributed by atoms with van der Waals surface area (Å²) in [4.78, 5) is 17.8. The van der Waals surface area contributed by atoms with E-state index in [1.165, 1.54) is 38.8 Å². The number of carbonyl (C=O) groups is 1. The lowest BCUT2D eigenvalue weighted by atomic mass is 9.76. The molecule has 3 fully saturated rings. The first kappa shape index (κ1) is 19.4. The Hall–Kier alpha value is -0.910. The van der Waals surface area contributed by atoms with Gasteiger partial charge >= 0.3 is 0 Å². The first-order valence-electron chi connectivity index (χ1n) is 10.5. The van der Waals surface area contributed by atoms with Gasteiger partial charge in [0.1, 0.15) is 0 Å². The van der Waals surface area contributed by atoms with Crippen LogP contribution < -0.4 is 0 Å². The maximum Gasteiger partial charge on any atom is 0.227 e. The summed E-state index contributed by atoms with van der Waals surface area (Å²) < 4.78 is 7.25. The van der Waals surface area contributed by atoms with Crippen molar-refractivity contribution in [1.29, 1.82) is 0 Å². The lowest BCUT2D eigenvalue weighted by Crippen LogP contribution is -2.58. The molecule has 0 aromatic heterocycles. The Morgan fingerprint density at radius 3 is 2.74 bits per heavy atom. The van der Waals surface area contributed by atoms with Gasteiger partial charge in [0.2, 0.25) is 5.91 Å². The number of nitrogens with zero attached hydrogens (tertiary/aromatic N) is 2. The summed E-state index contributed by atoms with van der Waals surface area (Å²) in [7, 11) is 2.01. The summed E-state index contributed by atoms with van der Waals surface area (Å²) >= 11 is 3.58. The van der Waals surface area contributed by atoms with Crippen molar-refractivity contribution in [3.05, 3.63) is 34.3 Å². The van der Waals surface area contributed by atoms with Crippen molar-refractivity contribution in [3.8, 4) is 0 Å². The van der Waals surface area contributed by atoms with Gasteiger partial charge in [0.25, 0.3) is 0 Å². The van der Waals surface area contributed by atoms with Crippen LogP contribution in [-0.2, 0) is 16.0 Å². The van der Waals surface area contributed by atoms with Crippen LogP contribution in [-0.4, -0.2) is 60.1 Å². The zero-order valence-electron chi connectivity index (χ0n) is 16.3. The number of carbonyl (C=O) groups excluding carboxylic acids is 1. The minimum atomic E-state index is 0.0795. The molecular formula is C22H31BrN2O2. The van der Waals surface area contributed by atoms with Crippen LogP contribution in [0, 0.1) is 0 Å². The molecule has 2 aliphatic heterocycles. The number of likely N-dealkylation sites (tertiary alicyclic amines) is 1. The van der Waals surface area contributed by atoms with Crippen LogP contribution in [0.5, 0.6) is 0 Å². The van der Waals surface area contributed by atoms with Gasteiger partial charge in [-0.15, -0.1) is 0 Å². The van der Waals surface area contributed by atoms with Crippen LogP contribution in [0.4, 0.5) is 0 Å². The van der Waals surface area contributed by atoms with Gasteiger partial charge in [-0.3, -0.25) is 9.69 Å². The molecule has 1 aromatic carbocycles. The van der Waals surface area contributed by atoms with Crippen molar-refractivity contribution in [1.82, 2.24) is 9.80 Å². The highest BCUT2D eigenvalue weighted by atomic mass is 79.9. The lowest BCUT2D eigenvalue weighted by molar-refractivity contribution is -0.136. The Morgan fingerprint density at radius 1 is 1.26 bits per heavy atom. The fourth-order valence-corrected chi connectivity index (χ4v) is 5.77. The first-order valence-corrected chi connectivity index (χ1v) is 11.2. The molecule has 0 N–H and O–H groups in total. The number of hydrogen-bond donors (Lipinski definition) is 0. The molecule has 2 saturated heterocycles. The molecule has 4 rings (SSSR count). The number of halogens is 1. The minimum absolute atomic E-state index is 0.0795. The maximum absolute atomic E-state index is 13.1. The van der Waals surface area contributed by atoms with Crippen LogP contribution in [0.3, 0.4) is 0 Å². The maximum atomic E-state index is 13.1. The Balaban J connectivity index is 1.49. The van der Waals surface area contributed by atoms with Crippen LogP contribution >= 0.6 is 15.9 Å². The molecular weight excluding hydrogens is 404 g/mol. The van der Waals surface area contributed by atoms with E-state index in [4.69, 9.17) is 4.74 Å². The molecule has 1 saturated carbocycles. The fraction of sp³-hybridized carbons (Fsp3) is 0.682. The summed E-state index contributed by atoms with van der Waals surface area (Å²) in [5.41, 5.74) is 1.15. The summed E-state index contributed by atoms with van der Waals surface area (Å²) in [5.74, 6) is 0.222. The van der Waals surface area contributed by atoms with E-state index in [1.54, 1.807) is 0 Å². The van der Waals surface area contributed by atoms with Crippen molar-refractivity contribution in [2.45, 2.75) is 69.1 Å². The minimum Gasteiger partial charge on any atom is -0.375 e. The predicted octanol–water partition coefficient (Wildman–Crippen LogP) is 4.02. The second kappa shape index (κ2) is 8.22. The molecule has 0 unspecified atom stereocenters. The Labute approximate surface area is 171 Å². The number of ether oxygens (including phenoxy) is 1. The van der Waals surface area contributed by atoms with Crippen LogP contribution in [0.2, 0.25) is 0 Å². The van der Waals surface area contributed by atoms with E-state index >= 15 is 0 Å². The average Bonchev–Trinajstić information content (AvgIpc) is 3.35. The van der Waals surface area contributed by atoms with Crippen molar-refractivity contribution >= 4 is 21.8 Å². The van der Waals surface area contributed by atoms with E-state index in [0.29, 0.717) is 18.5 Å². The normalized spacial score (nSPS) is 31.5. The zero-order valence-corrected chi connectivity index (χ0v) is 17.9. The number of amides is 1. The van der Waals surface area contributed by atoms with E-state index in [2.05, 4.69) is 20.8 Å². The number of likely N-dealkylation sites (N-methyl/N-ethyl adjacent to an activating group) is 1. The first-order chi connectivity index (χ1) is 13.1. The fourth-order valence-electron chi connectivity index (χ4n) is 5.35. The van der Waals surface area contributed by atoms with Gasteiger partial charge in [0.05, 0.1) is 12.0 Å². The van der Waals surface area contributed by atoms with Gasteiger partial charge in [-0.2, -0.15) is 0 Å². The Morgan fingerprint density at radius 2 is 2.04 bits per heavy atom. The van der Waals surface area contributed by atoms with Crippen LogP contribution in [0.15, 0.2) is 28.7 Å². The highest BCUT2D eigenvalue weighted by molar-refractivity contribution is 9.10. The molecule has 0 bridgehead atoms. The molecule has 1 aliphatic carbocycles.